The lowest BCUT2D eigenvalue weighted by Crippen LogP contribution is -2.32. The van der Waals surface area contributed by atoms with Gasteiger partial charge in [0.2, 0.25) is 0 Å². The first-order chi connectivity index (χ1) is 5.25. The standard InChI is InChI=1S/C8H14N2O/c1-6(2)8-7(11-3)4-5-9-10-8/h4-6,9-10H,1-3H3. The van der Waals surface area contributed by atoms with Crippen LogP contribution in [-0.2, 0) is 4.74 Å². The number of nitrogens with one attached hydrogen (secondary N) is 2. The number of allylic oxidation sites excluding steroid dienone is 2. The topological polar surface area (TPSA) is 33.3 Å². The van der Waals surface area contributed by atoms with Crippen LogP contribution in [0.2, 0.25) is 0 Å². The second-order valence-electron chi connectivity index (χ2n) is 2.74. The van der Waals surface area contributed by atoms with Gasteiger partial charge in [-0.15, -0.1) is 0 Å². The van der Waals surface area contributed by atoms with Crippen LogP contribution in [0.25, 0.3) is 0 Å². The van der Waals surface area contributed by atoms with E-state index in [0.717, 1.165) is 11.5 Å². The fourth-order valence-electron chi connectivity index (χ4n) is 0.995. The first kappa shape index (κ1) is 7.98. The molecule has 1 aliphatic rings. The third kappa shape index (κ3) is 1.67. The molecule has 11 heavy (non-hydrogen) atoms. The normalized spacial score (nSPS) is 16.4. The molecule has 0 aromatic rings. The molecule has 0 aromatic heterocycles. The molecule has 1 heterocycles. The van der Waals surface area contributed by atoms with Gasteiger partial charge < -0.3 is 15.6 Å². The molecule has 0 amide bonds. The number of methoxy groups -OCH3 is 1. The molecule has 1 rings (SSSR count). The Morgan fingerprint density at radius 1 is 1.45 bits per heavy atom. The number of ether oxygens (including phenoxy) is 1. The molecule has 0 fully saturated rings. The Morgan fingerprint density at radius 2 is 2.18 bits per heavy atom. The van der Waals surface area contributed by atoms with E-state index in [2.05, 4.69) is 24.7 Å². The van der Waals surface area contributed by atoms with Crippen LogP contribution in [0.5, 0.6) is 0 Å². The van der Waals surface area contributed by atoms with E-state index in [-0.39, 0.29) is 0 Å². The van der Waals surface area contributed by atoms with Crippen molar-refractivity contribution in [1.82, 2.24) is 10.9 Å². The number of hydrazine groups is 1. The highest BCUT2D eigenvalue weighted by molar-refractivity contribution is 5.22. The average Bonchev–Trinajstić information content (AvgIpc) is 2.04. The van der Waals surface area contributed by atoms with E-state index in [4.69, 9.17) is 4.74 Å². The Balaban J connectivity index is 2.82. The smallest absolute Gasteiger partial charge is 0.141 e. The molecule has 0 saturated carbocycles. The fourth-order valence-corrected chi connectivity index (χ4v) is 0.995. The van der Waals surface area contributed by atoms with Crippen LogP contribution < -0.4 is 10.9 Å². The van der Waals surface area contributed by atoms with Crippen molar-refractivity contribution < 1.29 is 4.74 Å². The molecule has 0 saturated heterocycles. The second-order valence-corrected chi connectivity index (χ2v) is 2.74. The molecule has 62 valence electrons. The zero-order valence-corrected chi connectivity index (χ0v) is 7.14. The molecule has 2 N–H and O–H groups in total. The largest absolute Gasteiger partial charge is 0.495 e. The van der Waals surface area contributed by atoms with Crippen molar-refractivity contribution in [3.63, 3.8) is 0 Å². The monoisotopic (exact) mass is 154 g/mol. The molecule has 0 atom stereocenters. The molecule has 3 heteroatoms. The summed E-state index contributed by atoms with van der Waals surface area (Å²) < 4.78 is 5.16. The Hall–Kier alpha value is -1.12. The first-order valence-corrected chi connectivity index (χ1v) is 3.72. The Labute approximate surface area is 67.1 Å². The molecule has 3 nitrogen and oxygen atoms in total. The summed E-state index contributed by atoms with van der Waals surface area (Å²) in [6.07, 6.45) is 3.72. The predicted octanol–water partition coefficient (Wildman–Crippen LogP) is 1.12. The quantitative estimate of drug-likeness (QED) is 0.625. The van der Waals surface area contributed by atoms with E-state index < -0.39 is 0 Å². The van der Waals surface area contributed by atoms with E-state index >= 15 is 0 Å². The van der Waals surface area contributed by atoms with Gasteiger partial charge in [0.15, 0.2) is 0 Å². The SMILES string of the molecule is COC1=C(C(C)C)NNC=C1. The van der Waals surface area contributed by atoms with Crippen molar-refractivity contribution >= 4 is 0 Å². The molecule has 0 aliphatic carbocycles. The van der Waals surface area contributed by atoms with E-state index in [9.17, 15) is 0 Å². The first-order valence-electron chi connectivity index (χ1n) is 3.72. The maximum absolute atomic E-state index is 5.16. The minimum absolute atomic E-state index is 0.447. The minimum Gasteiger partial charge on any atom is -0.495 e. The second kappa shape index (κ2) is 3.32. The number of hydrogen-bond donors (Lipinski definition) is 2. The zero-order chi connectivity index (χ0) is 8.27. The average molecular weight is 154 g/mol. The van der Waals surface area contributed by atoms with Crippen molar-refractivity contribution in [3.8, 4) is 0 Å². The summed E-state index contributed by atoms with van der Waals surface area (Å²) in [5.41, 5.74) is 7.04. The van der Waals surface area contributed by atoms with Crippen molar-refractivity contribution in [3.05, 3.63) is 23.7 Å². The summed E-state index contributed by atoms with van der Waals surface area (Å²) in [4.78, 5) is 0. The van der Waals surface area contributed by atoms with Crippen LogP contribution in [0.3, 0.4) is 0 Å². The van der Waals surface area contributed by atoms with Gasteiger partial charge >= 0.3 is 0 Å². The van der Waals surface area contributed by atoms with Crippen LogP contribution in [0.4, 0.5) is 0 Å². The highest BCUT2D eigenvalue weighted by Crippen LogP contribution is 2.14. The van der Waals surface area contributed by atoms with E-state index in [0.29, 0.717) is 5.92 Å². The van der Waals surface area contributed by atoms with Crippen LogP contribution in [0, 0.1) is 5.92 Å². The molecule has 0 unspecified atom stereocenters. The summed E-state index contributed by atoms with van der Waals surface area (Å²) in [6.45, 7) is 4.23. The predicted molar refractivity (Wildman–Crippen MR) is 44.3 cm³/mol. The molecular weight excluding hydrogens is 140 g/mol. The van der Waals surface area contributed by atoms with Gasteiger partial charge in [0, 0.05) is 6.20 Å². The lowest BCUT2D eigenvalue weighted by atomic mass is 10.1. The van der Waals surface area contributed by atoms with Gasteiger partial charge in [-0.05, 0) is 12.0 Å². The summed E-state index contributed by atoms with van der Waals surface area (Å²) in [6, 6.07) is 0. The van der Waals surface area contributed by atoms with E-state index in [1.807, 2.05) is 12.3 Å². The maximum atomic E-state index is 5.16. The fraction of sp³-hybridized carbons (Fsp3) is 0.500. The van der Waals surface area contributed by atoms with E-state index in [1.165, 1.54) is 0 Å². The third-order valence-electron chi connectivity index (χ3n) is 1.59. The summed E-state index contributed by atoms with van der Waals surface area (Å²) >= 11 is 0. The minimum atomic E-state index is 0.447. The molecule has 0 radical (unpaired) electrons. The van der Waals surface area contributed by atoms with Gasteiger partial charge in [-0.1, -0.05) is 13.8 Å². The molecule has 1 aliphatic heterocycles. The van der Waals surface area contributed by atoms with Crippen LogP contribution in [-0.4, -0.2) is 7.11 Å². The van der Waals surface area contributed by atoms with E-state index in [1.54, 1.807) is 7.11 Å². The Bertz CT molecular complexity index is 194. The highest BCUT2D eigenvalue weighted by Gasteiger charge is 2.10. The van der Waals surface area contributed by atoms with Gasteiger partial charge in [0.05, 0.1) is 12.8 Å². The molecular formula is C8H14N2O. The lowest BCUT2D eigenvalue weighted by Gasteiger charge is -2.20. The Kier molecular flexibility index (Phi) is 2.41. The third-order valence-corrected chi connectivity index (χ3v) is 1.59. The number of rotatable bonds is 2. The van der Waals surface area contributed by atoms with Gasteiger partial charge in [-0.25, -0.2) is 0 Å². The lowest BCUT2D eigenvalue weighted by molar-refractivity contribution is 0.288. The van der Waals surface area contributed by atoms with Crippen molar-refractivity contribution in [2.24, 2.45) is 5.92 Å². The van der Waals surface area contributed by atoms with Gasteiger partial charge in [-0.3, -0.25) is 0 Å². The van der Waals surface area contributed by atoms with Crippen molar-refractivity contribution in [1.29, 1.82) is 0 Å². The molecule has 0 aromatic carbocycles. The van der Waals surface area contributed by atoms with Gasteiger partial charge in [0.25, 0.3) is 0 Å². The maximum Gasteiger partial charge on any atom is 0.141 e. The summed E-state index contributed by atoms with van der Waals surface area (Å²) in [7, 11) is 1.68. The van der Waals surface area contributed by atoms with Crippen LogP contribution in [0.1, 0.15) is 13.8 Å². The van der Waals surface area contributed by atoms with Crippen LogP contribution >= 0.6 is 0 Å². The highest BCUT2D eigenvalue weighted by atomic mass is 16.5. The van der Waals surface area contributed by atoms with Gasteiger partial charge in [-0.2, -0.15) is 0 Å². The van der Waals surface area contributed by atoms with Gasteiger partial charge in [0.1, 0.15) is 5.76 Å². The molecule has 0 bridgehead atoms. The number of hydrogen-bond acceptors (Lipinski definition) is 3. The Morgan fingerprint density at radius 3 is 2.64 bits per heavy atom. The van der Waals surface area contributed by atoms with Crippen molar-refractivity contribution in [2.75, 3.05) is 7.11 Å². The van der Waals surface area contributed by atoms with Crippen molar-refractivity contribution in [2.45, 2.75) is 13.8 Å². The summed E-state index contributed by atoms with van der Waals surface area (Å²) in [5.74, 6) is 1.35. The van der Waals surface area contributed by atoms with Crippen LogP contribution in [0.15, 0.2) is 23.7 Å². The summed E-state index contributed by atoms with van der Waals surface area (Å²) in [5, 5.41) is 0. The zero-order valence-electron chi connectivity index (χ0n) is 7.14. The molecule has 0 spiro atoms.